The second-order valence-corrected chi connectivity index (χ2v) is 22.4. The Labute approximate surface area is 384 Å². The summed E-state index contributed by atoms with van der Waals surface area (Å²) in [7, 11) is 1.94. The number of nitrogens with zero attached hydrogens (tertiary/aromatic N) is 5. The molecule has 0 bridgehead atoms. The van der Waals surface area contributed by atoms with Gasteiger partial charge in [0.05, 0.1) is 56.7 Å². The largest absolute Gasteiger partial charge is 0.482 e. The molecule has 0 fully saturated rings. The van der Waals surface area contributed by atoms with Crippen LogP contribution in [-0.2, 0) is 38.9 Å². The summed E-state index contributed by atoms with van der Waals surface area (Å²) in [6.45, 7) is 33.0. The lowest BCUT2D eigenvalue weighted by Gasteiger charge is -2.23. The molecule has 3 N–H and O–H groups in total. The topological polar surface area (TPSA) is 126 Å². The van der Waals surface area contributed by atoms with Crippen molar-refractivity contribution in [2.24, 2.45) is 7.05 Å². The predicted octanol–water partition coefficient (Wildman–Crippen LogP) is 13.3. The summed E-state index contributed by atoms with van der Waals surface area (Å²) in [5.41, 5.74) is 14.5. The van der Waals surface area contributed by atoms with E-state index in [1.54, 1.807) is 17.7 Å². The van der Waals surface area contributed by atoms with E-state index in [0.717, 1.165) is 33.5 Å². The fraction of sp³-hybridized carbons (Fsp3) is 0.415. The number of rotatable bonds is 0. The first-order valence-electron chi connectivity index (χ1n) is 22.0. The molecule has 0 spiro atoms. The van der Waals surface area contributed by atoms with Crippen molar-refractivity contribution in [1.82, 2.24) is 34.9 Å². The number of thiazole rings is 1. The van der Waals surface area contributed by atoms with E-state index in [-0.39, 0.29) is 39.6 Å². The number of H-pyrrole nitrogens is 2. The highest BCUT2D eigenvalue weighted by atomic mass is 32.1. The molecule has 9 rings (SSSR count). The molecule has 10 nitrogen and oxygen atoms in total. The summed E-state index contributed by atoms with van der Waals surface area (Å²) >= 11 is 1.70. The average molecular weight is 883 g/mol. The van der Waals surface area contributed by atoms with Crippen LogP contribution in [0.2, 0.25) is 0 Å². The van der Waals surface area contributed by atoms with Crippen LogP contribution in [0.3, 0.4) is 0 Å². The van der Waals surface area contributed by atoms with Gasteiger partial charge in [-0.05, 0) is 103 Å². The van der Waals surface area contributed by atoms with Gasteiger partial charge in [0.25, 0.3) is 5.91 Å². The number of carbonyl (C=O) groups excluding carboxylic acids is 1. The van der Waals surface area contributed by atoms with Gasteiger partial charge in [0, 0.05) is 18.6 Å². The van der Waals surface area contributed by atoms with Crippen LogP contribution in [0, 0.1) is 0 Å². The van der Waals surface area contributed by atoms with Crippen molar-refractivity contribution in [3.8, 4) is 5.75 Å². The highest BCUT2D eigenvalue weighted by Gasteiger charge is 2.21. The van der Waals surface area contributed by atoms with Gasteiger partial charge in [-0.2, -0.15) is 10.2 Å². The molecule has 0 atom stereocenters. The Balaban J connectivity index is 0.000000151. The number of ether oxygens (including phenoxy) is 1. The number of anilines is 1. The first kappa shape index (κ1) is 49.2. The summed E-state index contributed by atoms with van der Waals surface area (Å²) in [5, 5.41) is 15.0. The van der Waals surface area contributed by atoms with E-state index in [2.05, 4.69) is 200 Å². The van der Waals surface area contributed by atoms with Crippen LogP contribution in [0.1, 0.15) is 132 Å². The van der Waals surface area contributed by atoms with Crippen LogP contribution >= 0.6 is 11.3 Å². The van der Waals surface area contributed by atoms with Gasteiger partial charge in [-0.3, -0.25) is 14.6 Å². The lowest BCUT2D eigenvalue weighted by Crippen LogP contribution is -2.26. The lowest BCUT2D eigenvalue weighted by molar-refractivity contribution is -0.118. The molecule has 340 valence electrons. The molecule has 1 aliphatic heterocycles. The van der Waals surface area contributed by atoms with Crippen LogP contribution in [0.4, 0.5) is 5.69 Å². The summed E-state index contributed by atoms with van der Waals surface area (Å²) in [4.78, 5) is 22.8. The van der Waals surface area contributed by atoms with Gasteiger partial charge >= 0.3 is 0 Å². The maximum atomic E-state index is 11.2. The lowest BCUT2D eigenvalue weighted by atomic mass is 9.86. The van der Waals surface area contributed by atoms with Crippen LogP contribution in [0.15, 0.2) is 103 Å². The third kappa shape index (κ3) is 13.6. The Kier molecular flexibility index (Phi) is 15.0. The van der Waals surface area contributed by atoms with E-state index in [0.29, 0.717) is 0 Å². The minimum Gasteiger partial charge on any atom is -0.482 e. The van der Waals surface area contributed by atoms with Crippen LogP contribution < -0.4 is 10.1 Å². The number of hydrogen-bond donors (Lipinski definition) is 3. The summed E-state index contributed by atoms with van der Waals surface area (Å²) in [6.07, 6.45) is 7.57. The third-order valence-corrected chi connectivity index (χ3v) is 11.6. The molecule has 5 heterocycles. The number of nitrogens with one attached hydrogen (secondary N) is 3. The zero-order chi connectivity index (χ0) is 47.3. The van der Waals surface area contributed by atoms with Gasteiger partial charge < -0.3 is 15.0 Å². The molecule has 4 aromatic carbocycles. The normalized spacial score (nSPS) is 12.9. The number of carbonyl (C=O) groups is 1. The molecule has 8 aromatic rings. The van der Waals surface area contributed by atoms with Crippen molar-refractivity contribution in [2.45, 2.75) is 131 Å². The number of hydrogen-bond acceptors (Lipinski definition) is 7. The van der Waals surface area contributed by atoms with Crippen LogP contribution in [-0.4, -0.2) is 47.4 Å². The zero-order valence-corrected chi connectivity index (χ0v) is 41.8. The third-order valence-electron chi connectivity index (χ3n) is 10.8. The van der Waals surface area contributed by atoms with Gasteiger partial charge in [-0.25, -0.2) is 9.97 Å². The van der Waals surface area contributed by atoms with Gasteiger partial charge in [-0.1, -0.05) is 128 Å². The maximum absolute atomic E-state index is 11.2. The molecule has 0 saturated heterocycles. The first-order valence-corrected chi connectivity index (χ1v) is 22.8. The molecule has 64 heavy (non-hydrogen) atoms. The minimum absolute atomic E-state index is 0.0806. The number of imidazole rings is 1. The van der Waals surface area contributed by atoms with Gasteiger partial charge in [-0.15, -0.1) is 11.3 Å². The second-order valence-electron chi connectivity index (χ2n) is 21.5. The Morgan fingerprint density at radius 3 is 1.80 bits per heavy atom. The molecular formula is C53H70N8O2S. The standard InChI is InChI=1S/C12H15NO2.2C11H14N2.C11H13NS.C8H14N2/c1-12(2,3)8-4-5-10-9(6-8)13-11(14)7-15-10;1-11(2,3)9-4-5-10-8(6-9)7-12-13-10;1-11(2,3)8-4-5-9-10(6-8)13-7-12-9;1-11(2,3)8-4-5-10-9(6-8)12-7-13-10;1-8(2,3)7-5-9-10(4)6-7/h4-6H,7H2,1-3H3,(H,13,14);2*4-7H,1-3H3,(H,12,13);4-7H,1-3H3;5-6H,1-4H3. The fourth-order valence-corrected chi connectivity index (χ4v) is 7.15. The number of fused-ring (bicyclic) bond motifs is 4. The van der Waals surface area contributed by atoms with Crippen molar-refractivity contribution in [2.75, 3.05) is 11.9 Å². The maximum Gasteiger partial charge on any atom is 0.262 e. The van der Waals surface area contributed by atoms with E-state index < -0.39 is 0 Å². The molecule has 11 heteroatoms. The molecule has 4 aromatic heterocycles. The van der Waals surface area contributed by atoms with Gasteiger partial charge in [0.1, 0.15) is 5.75 Å². The molecule has 0 radical (unpaired) electrons. The number of aryl methyl sites for hydroxylation is 1. The molecule has 0 saturated carbocycles. The highest BCUT2D eigenvalue weighted by Crippen LogP contribution is 2.33. The van der Waals surface area contributed by atoms with Crippen LogP contribution in [0.25, 0.3) is 32.2 Å². The Morgan fingerprint density at radius 1 is 0.609 bits per heavy atom. The molecular weight excluding hydrogens is 813 g/mol. The van der Waals surface area contributed by atoms with Crippen molar-refractivity contribution >= 4 is 55.1 Å². The summed E-state index contributed by atoms with van der Waals surface area (Å²) < 4.78 is 8.40. The first-order chi connectivity index (χ1) is 29.7. The smallest absolute Gasteiger partial charge is 0.262 e. The summed E-state index contributed by atoms with van der Waals surface area (Å²) in [6, 6.07) is 25.3. The average Bonchev–Trinajstić information content (AvgIpc) is 4.04. The minimum atomic E-state index is -0.0893. The Bertz CT molecular complexity index is 2570. The van der Waals surface area contributed by atoms with Crippen molar-refractivity contribution in [1.29, 1.82) is 0 Å². The van der Waals surface area contributed by atoms with Crippen molar-refractivity contribution in [3.05, 3.63) is 131 Å². The van der Waals surface area contributed by atoms with Crippen molar-refractivity contribution in [3.63, 3.8) is 0 Å². The Morgan fingerprint density at radius 2 is 1.19 bits per heavy atom. The SMILES string of the molecule is CC(C)(C)c1ccc2[nH]ncc2c1.CC(C)(C)c1ccc2c(c1)NC(=O)CO2.CC(C)(C)c1ccc2nc[nH]c2c1.CC(C)(C)c1ccc2scnc2c1.Cn1cc(C(C)(C)C)cn1. The monoisotopic (exact) mass is 883 g/mol. The molecule has 1 aliphatic rings. The predicted molar refractivity (Wildman–Crippen MR) is 269 cm³/mol. The number of aromatic amines is 2. The number of aromatic nitrogens is 7. The van der Waals surface area contributed by atoms with Gasteiger partial charge in [0.2, 0.25) is 0 Å². The van der Waals surface area contributed by atoms with E-state index in [4.69, 9.17) is 4.74 Å². The molecule has 1 amide bonds. The van der Waals surface area contributed by atoms with Gasteiger partial charge in [0.15, 0.2) is 6.61 Å². The van der Waals surface area contributed by atoms with E-state index in [9.17, 15) is 4.79 Å². The second kappa shape index (κ2) is 19.5. The Hall–Kier alpha value is -5.81. The highest BCUT2D eigenvalue weighted by molar-refractivity contribution is 7.16. The molecule has 0 unspecified atom stereocenters. The number of amides is 1. The van der Waals surface area contributed by atoms with Crippen LogP contribution in [0.5, 0.6) is 5.75 Å². The van der Waals surface area contributed by atoms with E-state index in [1.807, 2.05) is 47.8 Å². The molecule has 0 aliphatic carbocycles. The number of benzene rings is 4. The fourth-order valence-electron chi connectivity index (χ4n) is 6.49. The zero-order valence-electron chi connectivity index (χ0n) is 41.0. The van der Waals surface area contributed by atoms with E-state index in [1.165, 1.54) is 37.9 Å². The summed E-state index contributed by atoms with van der Waals surface area (Å²) in [5.74, 6) is 0.663. The quantitative estimate of drug-likeness (QED) is 0.139. The van der Waals surface area contributed by atoms with E-state index >= 15 is 0 Å². The van der Waals surface area contributed by atoms with Crippen molar-refractivity contribution < 1.29 is 9.53 Å².